The van der Waals surface area contributed by atoms with E-state index in [1.165, 1.54) is 18.0 Å². The van der Waals surface area contributed by atoms with Crippen LogP contribution >= 0.6 is 11.6 Å². The van der Waals surface area contributed by atoms with Gasteiger partial charge in [0.05, 0.1) is 21.8 Å². The highest BCUT2D eigenvalue weighted by Gasteiger charge is 2.38. The van der Waals surface area contributed by atoms with Crippen molar-refractivity contribution in [3.8, 4) is 11.6 Å². The first kappa shape index (κ1) is 18.2. The molecule has 0 spiro atoms. The molecule has 1 aromatic heterocycles. The van der Waals surface area contributed by atoms with Gasteiger partial charge in [-0.2, -0.15) is 13.2 Å². The zero-order chi connectivity index (χ0) is 18.2. The fourth-order valence-electron chi connectivity index (χ4n) is 1.91. The van der Waals surface area contributed by atoms with E-state index in [0.717, 1.165) is 6.07 Å². The SMILES string of the molecule is Cn1nc(Oc2ccc(C(F)(F)F)c([N+](=O)[O-])c2)c(Cl)c1S(C)=O. The summed E-state index contributed by atoms with van der Waals surface area (Å²) in [5.41, 5.74) is -2.56. The molecule has 0 saturated heterocycles. The lowest BCUT2D eigenvalue weighted by molar-refractivity contribution is -0.388. The largest absolute Gasteiger partial charge is 0.436 e. The minimum atomic E-state index is -4.88. The number of rotatable bonds is 4. The molecule has 7 nitrogen and oxygen atoms in total. The molecule has 130 valence electrons. The number of hydrogen-bond donors (Lipinski definition) is 0. The fourth-order valence-corrected chi connectivity index (χ4v) is 3.19. The minimum absolute atomic E-state index is 0.0964. The van der Waals surface area contributed by atoms with E-state index in [1.54, 1.807) is 0 Å². The van der Waals surface area contributed by atoms with Crippen LogP contribution < -0.4 is 4.74 Å². The van der Waals surface area contributed by atoms with Crippen molar-refractivity contribution in [2.75, 3.05) is 6.26 Å². The molecule has 12 heteroatoms. The van der Waals surface area contributed by atoms with Crippen LogP contribution in [0, 0.1) is 10.1 Å². The number of aryl methyl sites for hydroxylation is 1. The first-order chi connectivity index (χ1) is 11.0. The number of alkyl halides is 3. The number of nitro groups is 1. The average Bonchev–Trinajstić information content (AvgIpc) is 2.72. The highest BCUT2D eigenvalue weighted by molar-refractivity contribution is 7.84. The van der Waals surface area contributed by atoms with E-state index in [0.29, 0.717) is 12.1 Å². The summed E-state index contributed by atoms with van der Waals surface area (Å²) in [4.78, 5) is 9.69. The number of aromatic nitrogens is 2. The summed E-state index contributed by atoms with van der Waals surface area (Å²) in [6.45, 7) is 0. The summed E-state index contributed by atoms with van der Waals surface area (Å²) in [6.07, 6.45) is -3.52. The van der Waals surface area contributed by atoms with Gasteiger partial charge in [-0.15, -0.1) is 5.10 Å². The summed E-state index contributed by atoms with van der Waals surface area (Å²) in [5.74, 6) is -0.485. The Hall–Kier alpha value is -2.14. The predicted molar refractivity (Wildman–Crippen MR) is 78.7 cm³/mol. The second-order valence-electron chi connectivity index (χ2n) is 4.54. The molecule has 2 rings (SSSR count). The summed E-state index contributed by atoms with van der Waals surface area (Å²) in [5, 5.41) is 14.8. The van der Waals surface area contributed by atoms with Crippen LogP contribution in [0.25, 0.3) is 0 Å². The summed E-state index contributed by atoms with van der Waals surface area (Å²) in [6, 6.07) is 2.06. The average molecular weight is 384 g/mol. The molecular weight excluding hydrogens is 375 g/mol. The molecule has 24 heavy (non-hydrogen) atoms. The lowest BCUT2D eigenvalue weighted by atomic mass is 10.1. The molecule has 1 unspecified atom stereocenters. The van der Waals surface area contributed by atoms with Crippen molar-refractivity contribution in [1.29, 1.82) is 0 Å². The van der Waals surface area contributed by atoms with Gasteiger partial charge in [-0.3, -0.25) is 19.0 Å². The Bertz CT molecular complexity index is 838. The Balaban J connectivity index is 2.45. The van der Waals surface area contributed by atoms with Gasteiger partial charge in [-0.1, -0.05) is 11.6 Å². The summed E-state index contributed by atoms with van der Waals surface area (Å²) in [7, 11) is -0.0358. The molecule has 0 saturated carbocycles. The number of hydrogen-bond acceptors (Lipinski definition) is 5. The first-order valence-corrected chi connectivity index (χ1v) is 8.05. The van der Waals surface area contributed by atoms with Crippen molar-refractivity contribution < 1.29 is 27.0 Å². The zero-order valence-electron chi connectivity index (χ0n) is 12.1. The van der Waals surface area contributed by atoms with Gasteiger partial charge in [0.15, 0.2) is 0 Å². The van der Waals surface area contributed by atoms with Crippen LogP contribution in [0.5, 0.6) is 11.6 Å². The second kappa shape index (κ2) is 6.40. The molecule has 0 amide bonds. The van der Waals surface area contributed by atoms with Crippen molar-refractivity contribution in [1.82, 2.24) is 9.78 Å². The van der Waals surface area contributed by atoms with Gasteiger partial charge in [0.1, 0.15) is 21.4 Å². The Morgan fingerprint density at radius 1 is 1.42 bits per heavy atom. The molecule has 0 N–H and O–H groups in total. The molecule has 0 radical (unpaired) electrons. The van der Waals surface area contributed by atoms with Crippen LogP contribution in [-0.2, 0) is 24.0 Å². The number of ether oxygens (including phenoxy) is 1. The lowest BCUT2D eigenvalue weighted by Crippen LogP contribution is -2.08. The van der Waals surface area contributed by atoms with Gasteiger partial charge in [0.25, 0.3) is 11.6 Å². The molecule has 1 heterocycles. The van der Waals surface area contributed by atoms with Crippen molar-refractivity contribution in [2.45, 2.75) is 11.2 Å². The minimum Gasteiger partial charge on any atom is -0.436 e. The number of nitro benzene ring substituents is 1. The highest BCUT2D eigenvalue weighted by Crippen LogP contribution is 2.39. The van der Waals surface area contributed by atoms with Gasteiger partial charge >= 0.3 is 6.18 Å². The molecule has 2 aromatic rings. The molecule has 0 bridgehead atoms. The first-order valence-electron chi connectivity index (χ1n) is 6.11. The van der Waals surface area contributed by atoms with E-state index in [9.17, 15) is 27.5 Å². The van der Waals surface area contributed by atoms with Crippen LogP contribution in [0.15, 0.2) is 23.2 Å². The smallest absolute Gasteiger partial charge is 0.423 e. The Kier molecular flexibility index (Phi) is 4.85. The normalized spacial score (nSPS) is 12.9. The van der Waals surface area contributed by atoms with Crippen molar-refractivity contribution in [3.05, 3.63) is 38.9 Å². The summed E-state index contributed by atoms with van der Waals surface area (Å²) >= 11 is 5.97. The maximum atomic E-state index is 12.8. The number of halogens is 4. The van der Waals surface area contributed by atoms with Gasteiger partial charge < -0.3 is 4.74 Å². The second-order valence-corrected chi connectivity index (χ2v) is 6.21. The van der Waals surface area contributed by atoms with Gasteiger partial charge in [-0.05, 0) is 12.1 Å². The van der Waals surface area contributed by atoms with Crippen LogP contribution in [-0.4, -0.2) is 25.2 Å². The van der Waals surface area contributed by atoms with Crippen LogP contribution in [0.4, 0.5) is 18.9 Å². The Morgan fingerprint density at radius 2 is 2.04 bits per heavy atom. The zero-order valence-corrected chi connectivity index (χ0v) is 13.7. The topological polar surface area (TPSA) is 87.3 Å². The molecule has 0 fully saturated rings. The maximum Gasteiger partial charge on any atom is 0.423 e. The number of benzene rings is 1. The van der Waals surface area contributed by atoms with E-state index in [4.69, 9.17) is 16.3 Å². The van der Waals surface area contributed by atoms with E-state index in [1.807, 2.05) is 0 Å². The predicted octanol–water partition coefficient (Wildman–Crippen LogP) is 3.53. The van der Waals surface area contributed by atoms with Gasteiger partial charge in [0, 0.05) is 13.3 Å². The highest BCUT2D eigenvalue weighted by atomic mass is 35.5. The fraction of sp³-hybridized carbons (Fsp3) is 0.250. The van der Waals surface area contributed by atoms with Crippen LogP contribution in [0.1, 0.15) is 5.56 Å². The third-order valence-corrected chi connectivity index (χ3v) is 4.33. The number of nitrogens with zero attached hydrogens (tertiary/aromatic N) is 3. The van der Waals surface area contributed by atoms with Crippen LogP contribution in [0.2, 0.25) is 5.02 Å². The molecule has 1 aromatic carbocycles. The Labute approximate surface area is 140 Å². The molecule has 1 atom stereocenters. The lowest BCUT2D eigenvalue weighted by Gasteiger charge is -2.09. The van der Waals surface area contributed by atoms with Crippen molar-refractivity contribution in [3.63, 3.8) is 0 Å². The monoisotopic (exact) mass is 383 g/mol. The molecule has 0 aliphatic heterocycles. The third kappa shape index (κ3) is 3.51. The van der Waals surface area contributed by atoms with Crippen LogP contribution in [0.3, 0.4) is 0 Å². The molecular formula is C12H9ClF3N3O4S. The standard InChI is InChI=1S/C12H9ClF3N3O4S/c1-18-11(24(2)22)9(13)10(17-18)23-6-3-4-7(12(14,15)16)8(5-6)19(20)21/h3-5H,1-2H3. The third-order valence-electron chi connectivity index (χ3n) is 2.87. The molecule has 0 aliphatic carbocycles. The van der Waals surface area contributed by atoms with E-state index < -0.39 is 33.2 Å². The van der Waals surface area contributed by atoms with Crippen molar-refractivity contribution in [2.24, 2.45) is 7.05 Å². The summed E-state index contributed by atoms with van der Waals surface area (Å²) < 4.78 is 56.2. The van der Waals surface area contributed by atoms with E-state index in [2.05, 4.69) is 5.10 Å². The van der Waals surface area contributed by atoms with Gasteiger partial charge in [-0.25, -0.2) is 0 Å². The van der Waals surface area contributed by atoms with E-state index in [-0.39, 0.29) is 21.7 Å². The van der Waals surface area contributed by atoms with E-state index >= 15 is 0 Å². The quantitative estimate of drug-likeness (QED) is 0.595. The maximum absolute atomic E-state index is 12.8. The molecule has 0 aliphatic rings. The Morgan fingerprint density at radius 3 is 2.50 bits per heavy atom. The van der Waals surface area contributed by atoms with Crippen molar-refractivity contribution >= 4 is 28.1 Å². The van der Waals surface area contributed by atoms with Gasteiger partial charge in [0.2, 0.25) is 0 Å².